The van der Waals surface area contributed by atoms with Crippen molar-refractivity contribution in [2.24, 2.45) is 0 Å². The van der Waals surface area contributed by atoms with Gasteiger partial charge < -0.3 is 4.74 Å². The molecular weight excluding hydrogens is 274 g/mol. The van der Waals surface area contributed by atoms with E-state index in [1.807, 2.05) is 0 Å². The number of nitro benzene ring substituents is 1. The number of rotatable bonds is 5. The highest BCUT2D eigenvalue weighted by molar-refractivity contribution is 5.94. The summed E-state index contributed by atoms with van der Waals surface area (Å²) in [6.45, 7) is 0. The molecule has 0 fully saturated rings. The zero-order valence-corrected chi connectivity index (χ0v) is 10.8. The maximum Gasteiger partial charge on any atom is 0.346 e. The molecule has 0 bridgehead atoms. The maximum atomic E-state index is 12.0. The number of benzene rings is 2. The first kappa shape index (κ1) is 14.4. The highest BCUT2D eigenvalue weighted by Crippen LogP contribution is 2.22. The van der Waals surface area contributed by atoms with Crippen molar-refractivity contribution in [2.75, 3.05) is 0 Å². The van der Waals surface area contributed by atoms with Gasteiger partial charge in [0.05, 0.1) is 4.92 Å². The van der Waals surface area contributed by atoms with E-state index in [9.17, 15) is 19.7 Å². The van der Waals surface area contributed by atoms with Crippen molar-refractivity contribution in [3.8, 4) is 0 Å². The van der Waals surface area contributed by atoms with Crippen LogP contribution in [0.2, 0.25) is 0 Å². The Hall–Kier alpha value is -3.02. The third-order valence-corrected chi connectivity index (χ3v) is 2.75. The van der Waals surface area contributed by atoms with Crippen molar-refractivity contribution < 1.29 is 19.2 Å². The zero-order chi connectivity index (χ0) is 15.2. The quantitative estimate of drug-likeness (QED) is 0.478. The molecule has 2 aromatic carbocycles. The fourth-order valence-electron chi connectivity index (χ4n) is 1.76. The number of nitro groups is 1. The van der Waals surface area contributed by atoms with Gasteiger partial charge in [-0.05, 0) is 6.07 Å². The van der Waals surface area contributed by atoms with Crippen LogP contribution in [0.4, 0.5) is 5.69 Å². The number of hydrogen-bond donors (Lipinski definition) is 0. The first-order valence-electron chi connectivity index (χ1n) is 6.00. The van der Waals surface area contributed by atoms with E-state index in [1.165, 1.54) is 24.3 Å². The van der Waals surface area contributed by atoms with Gasteiger partial charge >= 0.3 is 5.97 Å². The number of esters is 1. The molecule has 1 unspecified atom stereocenters. The van der Waals surface area contributed by atoms with Gasteiger partial charge in [-0.3, -0.25) is 14.9 Å². The molecule has 0 N–H and O–H groups in total. The van der Waals surface area contributed by atoms with Crippen LogP contribution in [-0.2, 0) is 9.53 Å². The third kappa shape index (κ3) is 3.30. The molecule has 2 aromatic rings. The summed E-state index contributed by atoms with van der Waals surface area (Å²) in [4.78, 5) is 33.2. The predicted octanol–water partition coefficient (Wildman–Crippen LogP) is 2.60. The number of hydrogen-bond acceptors (Lipinski definition) is 5. The van der Waals surface area contributed by atoms with Crippen molar-refractivity contribution in [1.29, 1.82) is 0 Å². The Kier molecular flexibility index (Phi) is 4.40. The van der Waals surface area contributed by atoms with Crippen molar-refractivity contribution in [2.45, 2.75) is 6.10 Å². The van der Waals surface area contributed by atoms with E-state index in [4.69, 9.17) is 4.74 Å². The summed E-state index contributed by atoms with van der Waals surface area (Å²) < 4.78 is 5.00. The molecule has 6 heteroatoms. The minimum Gasteiger partial charge on any atom is -0.445 e. The molecule has 6 nitrogen and oxygen atoms in total. The Balaban J connectivity index is 2.25. The summed E-state index contributed by atoms with van der Waals surface area (Å²) in [6, 6.07) is 13.7. The Bertz CT molecular complexity index is 669. The highest BCUT2D eigenvalue weighted by Gasteiger charge is 2.24. The Morgan fingerprint density at radius 2 is 1.71 bits per heavy atom. The van der Waals surface area contributed by atoms with E-state index in [0.717, 1.165) is 0 Å². The van der Waals surface area contributed by atoms with E-state index < -0.39 is 17.0 Å². The summed E-state index contributed by atoms with van der Waals surface area (Å²) >= 11 is 0. The van der Waals surface area contributed by atoms with E-state index in [-0.39, 0.29) is 11.3 Å². The maximum absolute atomic E-state index is 12.0. The van der Waals surface area contributed by atoms with Crippen LogP contribution in [0.5, 0.6) is 0 Å². The minimum absolute atomic E-state index is 0.210. The van der Waals surface area contributed by atoms with Crippen LogP contribution in [0.1, 0.15) is 22.0 Å². The van der Waals surface area contributed by atoms with Crippen LogP contribution < -0.4 is 0 Å². The Labute approximate surface area is 120 Å². The van der Waals surface area contributed by atoms with Crippen molar-refractivity contribution >= 4 is 17.9 Å². The number of nitrogens with zero attached hydrogens (tertiary/aromatic N) is 1. The SMILES string of the molecule is O=[C]C(OC(=O)c1ccccc1[N+](=O)[O-])c1ccccc1. The molecule has 0 saturated carbocycles. The first-order chi connectivity index (χ1) is 10.1. The summed E-state index contributed by atoms with van der Waals surface area (Å²) in [5, 5.41) is 10.9. The summed E-state index contributed by atoms with van der Waals surface area (Å²) in [7, 11) is 0. The molecular formula is C15H10NO5. The first-order valence-corrected chi connectivity index (χ1v) is 6.00. The minimum atomic E-state index is -1.22. The molecule has 0 saturated heterocycles. The monoisotopic (exact) mass is 284 g/mol. The van der Waals surface area contributed by atoms with Crippen LogP contribution in [-0.4, -0.2) is 17.2 Å². The molecule has 0 heterocycles. The van der Waals surface area contributed by atoms with Crippen LogP contribution in [0.25, 0.3) is 0 Å². The lowest BCUT2D eigenvalue weighted by molar-refractivity contribution is -0.385. The van der Waals surface area contributed by atoms with Gasteiger partial charge in [0.2, 0.25) is 6.29 Å². The smallest absolute Gasteiger partial charge is 0.346 e. The van der Waals surface area contributed by atoms with Crippen molar-refractivity contribution in [3.63, 3.8) is 0 Å². The third-order valence-electron chi connectivity index (χ3n) is 2.75. The predicted molar refractivity (Wildman–Crippen MR) is 73.4 cm³/mol. The topological polar surface area (TPSA) is 86.5 Å². The molecule has 0 spiro atoms. The van der Waals surface area contributed by atoms with Gasteiger partial charge in [0.1, 0.15) is 5.56 Å². The van der Waals surface area contributed by atoms with Gasteiger partial charge in [-0.1, -0.05) is 42.5 Å². The fraction of sp³-hybridized carbons (Fsp3) is 0.0667. The largest absolute Gasteiger partial charge is 0.445 e. The van der Waals surface area contributed by atoms with Crippen LogP contribution in [0, 0.1) is 10.1 Å². The molecule has 0 aliphatic carbocycles. The number of para-hydroxylation sites is 1. The fourth-order valence-corrected chi connectivity index (χ4v) is 1.76. The highest BCUT2D eigenvalue weighted by atomic mass is 16.6. The van der Waals surface area contributed by atoms with E-state index in [2.05, 4.69) is 0 Å². The normalized spacial score (nSPS) is 11.4. The number of carbonyl (C=O) groups excluding carboxylic acids is 2. The molecule has 21 heavy (non-hydrogen) atoms. The van der Waals surface area contributed by atoms with Gasteiger partial charge in [-0.15, -0.1) is 0 Å². The molecule has 0 amide bonds. The lowest BCUT2D eigenvalue weighted by Gasteiger charge is -2.11. The van der Waals surface area contributed by atoms with Crippen LogP contribution >= 0.6 is 0 Å². The Morgan fingerprint density at radius 3 is 2.33 bits per heavy atom. The molecule has 1 radical (unpaired) electrons. The average molecular weight is 284 g/mol. The van der Waals surface area contributed by atoms with Gasteiger partial charge in [-0.25, -0.2) is 4.79 Å². The lowest BCUT2D eigenvalue weighted by atomic mass is 10.1. The Morgan fingerprint density at radius 1 is 1.10 bits per heavy atom. The number of carbonyl (C=O) groups is 1. The second-order valence-electron chi connectivity index (χ2n) is 4.09. The van der Waals surface area contributed by atoms with Gasteiger partial charge in [0.25, 0.3) is 5.69 Å². The van der Waals surface area contributed by atoms with Gasteiger partial charge in [0, 0.05) is 11.6 Å². The van der Waals surface area contributed by atoms with E-state index >= 15 is 0 Å². The molecule has 2 rings (SSSR count). The summed E-state index contributed by atoms with van der Waals surface area (Å²) in [5.41, 5.74) is -0.140. The lowest BCUT2D eigenvalue weighted by Crippen LogP contribution is -2.14. The van der Waals surface area contributed by atoms with Gasteiger partial charge in [-0.2, -0.15) is 0 Å². The van der Waals surface area contributed by atoms with Crippen LogP contribution in [0.3, 0.4) is 0 Å². The van der Waals surface area contributed by atoms with Crippen LogP contribution in [0.15, 0.2) is 54.6 Å². The second kappa shape index (κ2) is 6.42. The second-order valence-corrected chi connectivity index (χ2v) is 4.09. The van der Waals surface area contributed by atoms with E-state index in [0.29, 0.717) is 5.56 Å². The van der Waals surface area contributed by atoms with Gasteiger partial charge in [0.15, 0.2) is 6.10 Å². The molecule has 105 valence electrons. The molecule has 1 atom stereocenters. The zero-order valence-electron chi connectivity index (χ0n) is 10.8. The average Bonchev–Trinajstić information content (AvgIpc) is 2.53. The van der Waals surface area contributed by atoms with Crippen molar-refractivity contribution in [3.05, 3.63) is 75.8 Å². The molecule has 0 aliphatic heterocycles. The summed E-state index contributed by atoms with van der Waals surface area (Å²) in [6.07, 6.45) is 0.381. The van der Waals surface area contributed by atoms with Crippen molar-refractivity contribution in [1.82, 2.24) is 0 Å². The standard InChI is InChI=1S/C15H10NO5/c17-10-14(11-6-2-1-3-7-11)21-15(18)12-8-4-5-9-13(12)16(19)20/h1-9,14H. The van der Waals surface area contributed by atoms with E-state index in [1.54, 1.807) is 36.6 Å². The summed E-state index contributed by atoms with van der Waals surface area (Å²) in [5.74, 6) is -0.945. The molecule has 0 aliphatic rings. The molecule has 0 aromatic heterocycles. The number of ether oxygens (including phenoxy) is 1.